The van der Waals surface area contributed by atoms with Gasteiger partial charge in [-0.3, -0.25) is 5.84 Å². The lowest BCUT2D eigenvalue weighted by molar-refractivity contribution is 0.178. The average Bonchev–Trinajstić information content (AvgIpc) is 2.54. The van der Waals surface area contributed by atoms with Crippen LogP contribution >= 0.6 is 15.9 Å². The van der Waals surface area contributed by atoms with E-state index in [-0.39, 0.29) is 6.04 Å². The third kappa shape index (κ3) is 2.80. The number of hydrogen-bond acceptors (Lipinski definition) is 4. The van der Waals surface area contributed by atoms with Crippen LogP contribution in [0.15, 0.2) is 21.2 Å². The van der Waals surface area contributed by atoms with E-state index in [0.717, 1.165) is 16.7 Å². The Labute approximate surface area is 85.5 Å². The minimum Gasteiger partial charge on any atom is -0.466 e. The summed E-state index contributed by atoms with van der Waals surface area (Å²) in [6, 6.07) is 1.83. The maximum absolute atomic E-state index is 5.39. The van der Waals surface area contributed by atoms with Gasteiger partial charge in [-0.1, -0.05) is 0 Å². The van der Waals surface area contributed by atoms with Crippen molar-refractivity contribution in [1.82, 2.24) is 5.43 Å². The fraction of sp³-hybridized carbons (Fsp3) is 0.500. The number of hydrazine groups is 1. The number of hydrogen-bond donors (Lipinski definition) is 2. The Morgan fingerprint density at radius 2 is 2.54 bits per heavy atom. The lowest BCUT2D eigenvalue weighted by Crippen LogP contribution is -2.28. The van der Waals surface area contributed by atoms with Gasteiger partial charge in [-0.15, -0.1) is 0 Å². The molecule has 1 atom stereocenters. The highest BCUT2D eigenvalue weighted by Crippen LogP contribution is 2.25. The molecular weight excluding hydrogens is 236 g/mol. The molecule has 4 nitrogen and oxygen atoms in total. The zero-order valence-electron chi connectivity index (χ0n) is 7.42. The van der Waals surface area contributed by atoms with Crippen LogP contribution in [0.5, 0.6) is 0 Å². The Morgan fingerprint density at radius 3 is 3.00 bits per heavy atom. The van der Waals surface area contributed by atoms with Crippen molar-refractivity contribution in [1.29, 1.82) is 0 Å². The van der Waals surface area contributed by atoms with Gasteiger partial charge in [0.05, 0.1) is 16.8 Å². The Bertz CT molecular complexity index is 252. The molecule has 0 aliphatic rings. The van der Waals surface area contributed by atoms with Crippen LogP contribution in [0.2, 0.25) is 0 Å². The number of nitrogens with two attached hydrogens (primary N) is 1. The highest BCUT2D eigenvalue weighted by Gasteiger charge is 2.15. The molecule has 5 heteroatoms. The van der Waals surface area contributed by atoms with Crippen LogP contribution in [0.25, 0.3) is 0 Å². The molecule has 0 bridgehead atoms. The summed E-state index contributed by atoms with van der Waals surface area (Å²) in [5, 5.41) is 0. The monoisotopic (exact) mass is 248 g/mol. The molecule has 13 heavy (non-hydrogen) atoms. The van der Waals surface area contributed by atoms with Crippen molar-refractivity contribution in [2.24, 2.45) is 5.84 Å². The molecule has 3 N–H and O–H groups in total. The third-order valence-corrected chi connectivity index (χ3v) is 2.43. The first-order valence-corrected chi connectivity index (χ1v) is 4.77. The Morgan fingerprint density at radius 1 is 1.77 bits per heavy atom. The molecular formula is C8H13BrN2O2. The molecule has 1 rings (SSSR count). The van der Waals surface area contributed by atoms with E-state index >= 15 is 0 Å². The molecule has 1 aromatic heterocycles. The van der Waals surface area contributed by atoms with Crippen molar-refractivity contribution in [3.8, 4) is 0 Å². The van der Waals surface area contributed by atoms with Crippen LogP contribution < -0.4 is 11.3 Å². The van der Waals surface area contributed by atoms with Crippen LogP contribution in [-0.4, -0.2) is 13.7 Å². The highest BCUT2D eigenvalue weighted by atomic mass is 79.9. The van der Waals surface area contributed by atoms with Gasteiger partial charge < -0.3 is 9.15 Å². The van der Waals surface area contributed by atoms with E-state index in [9.17, 15) is 0 Å². The summed E-state index contributed by atoms with van der Waals surface area (Å²) in [6.07, 6.45) is 2.40. The summed E-state index contributed by atoms with van der Waals surface area (Å²) in [7, 11) is 1.66. The average molecular weight is 249 g/mol. The van der Waals surface area contributed by atoms with E-state index in [2.05, 4.69) is 21.4 Å². The molecule has 0 saturated carbocycles. The topological polar surface area (TPSA) is 60.4 Å². The predicted molar refractivity (Wildman–Crippen MR) is 53.0 cm³/mol. The fourth-order valence-electron chi connectivity index (χ4n) is 1.08. The van der Waals surface area contributed by atoms with Gasteiger partial charge in [-0.05, 0) is 28.4 Å². The minimum atomic E-state index is -0.00988. The predicted octanol–water partition coefficient (Wildman–Crippen LogP) is 1.58. The first kappa shape index (κ1) is 10.7. The van der Waals surface area contributed by atoms with Gasteiger partial charge in [-0.2, -0.15) is 0 Å². The molecule has 0 aromatic carbocycles. The zero-order valence-corrected chi connectivity index (χ0v) is 9.00. The van der Waals surface area contributed by atoms with Crippen molar-refractivity contribution in [3.63, 3.8) is 0 Å². The van der Waals surface area contributed by atoms with Crippen LogP contribution in [0.1, 0.15) is 18.2 Å². The van der Waals surface area contributed by atoms with Crippen molar-refractivity contribution in [3.05, 3.63) is 22.6 Å². The van der Waals surface area contributed by atoms with Crippen molar-refractivity contribution < 1.29 is 9.15 Å². The van der Waals surface area contributed by atoms with Crippen molar-refractivity contribution in [2.75, 3.05) is 13.7 Å². The molecule has 1 unspecified atom stereocenters. The number of furan rings is 1. The maximum atomic E-state index is 5.39. The highest BCUT2D eigenvalue weighted by molar-refractivity contribution is 9.10. The molecule has 0 fully saturated rings. The van der Waals surface area contributed by atoms with Crippen LogP contribution in [0.4, 0.5) is 0 Å². The fourth-order valence-corrected chi connectivity index (χ4v) is 1.56. The summed E-state index contributed by atoms with van der Waals surface area (Å²) in [5.74, 6) is 6.19. The first-order chi connectivity index (χ1) is 6.29. The van der Waals surface area contributed by atoms with Crippen LogP contribution in [-0.2, 0) is 4.74 Å². The van der Waals surface area contributed by atoms with Crippen molar-refractivity contribution >= 4 is 15.9 Å². The Kier molecular flexibility index (Phi) is 4.44. The van der Waals surface area contributed by atoms with Crippen LogP contribution in [0.3, 0.4) is 0 Å². The maximum Gasteiger partial charge on any atom is 0.136 e. The SMILES string of the molecule is COCCC(NN)c1occc1Br. The molecule has 0 saturated heterocycles. The molecule has 1 heterocycles. The summed E-state index contributed by atoms with van der Waals surface area (Å²) in [6.45, 7) is 0.641. The normalized spacial score (nSPS) is 13.2. The molecule has 1 aromatic rings. The van der Waals surface area contributed by atoms with Gasteiger partial charge in [0.1, 0.15) is 5.76 Å². The summed E-state index contributed by atoms with van der Waals surface area (Å²) >= 11 is 3.37. The van der Waals surface area contributed by atoms with Gasteiger partial charge in [0.25, 0.3) is 0 Å². The van der Waals surface area contributed by atoms with E-state index in [0.29, 0.717) is 6.61 Å². The van der Waals surface area contributed by atoms with Crippen LogP contribution in [0, 0.1) is 0 Å². The Balaban J connectivity index is 2.61. The molecule has 0 aliphatic carbocycles. The van der Waals surface area contributed by atoms with Gasteiger partial charge >= 0.3 is 0 Å². The number of rotatable bonds is 5. The third-order valence-electron chi connectivity index (χ3n) is 1.77. The van der Waals surface area contributed by atoms with Gasteiger partial charge in [0, 0.05) is 13.7 Å². The molecule has 0 amide bonds. The number of methoxy groups -OCH3 is 1. The summed E-state index contributed by atoms with van der Waals surface area (Å²) < 4.78 is 11.2. The molecule has 74 valence electrons. The minimum absolute atomic E-state index is 0.00988. The van der Waals surface area contributed by atoms with Gasteiger partial charge in [0.15, 0.2) is 0 Å². The summed E-state index contributed by atoms with van der Waals surface area (Å²) in [4.78, 5) is 0. The lowest BCUT2D eigenvalue weighted by Gasteiger charge is -2.12. The van der Waals surface area contributed by atoms with Gasteiger partial charge in [-0.25, -0.2) is 5.43 Å². The first-order valence-electron chi connectivity index (χ1n) is 3.97. The van der Waals surface area contributed by atoms with E-state index in [1.54, 1.807) is 13.4 Å². The number of nitrogens with one attached hydrogen (secondary N) is 1. The second-order valence-electron chi connectivity index (χ2n) is 2.63. The van der Waals surface area contributed by atoms with E-state index in [4.69, 9.17) is 15.0 Å². The van der Waals surface area contributed by atoms with E-state index < -0.39 is 0 Å². The Hall–Kier alpha value is -0.360. The van der Waals surface area contributed by atoms with Gasteiger partial charge in [0.2, 0.25) is 0 Å². The molecule has 0 aliphatic heterocycles. The standard InChI is InChI=1S/C8H13BrN2O2/c1-12-4-3-7(11-10)8-6(9)2-5-13-8/h2,5,7,11H,3-4,10H2,1H3. The second kappa shape index (κ2) is 5.39. The van der Waals surface area contributed by atoms with E-state index in [1.807, 2.05) is 6.07 Å². The number of halogens is 1. The summed E-state index contributed by atoms with van der Waals surface area (Å²) in [5.41, 5.74) is 2.68. The molecule has 0 radical (unpaired) electrons. The number of ether oxygens (including phenoxy) is 1. The molecule has 0 spiro atoms. The smallest absolute Gasteiger partial charge is 0.136 e. The van der Waals surface area contributed by atoms with E-state index in [1.165, 1.54) is 0 Å². The van der Waals surface area contributed by atoms with Crippen molar-refractivity contribution in [2.45, 2.75) is 12.5 Å². The lowest BCUT2D eigenvalue weighted by atomic mass is 10.2. The quantitative estimate of drug-likeness (QED) is 0.614. The second-order valence-corrected chi connectivity index (χ2v) is 3.49. The zero-order chi connectivity index (χ0) is 9.68. The largest absolute Gasteiger partial charge is 0.466 e.